The summed E-state index contributed by atoms with van der Waals surface area (Å²) >= 11 is 0. The van der Waals surface area contributed by atoms with E-state index in [1.54, 1.807) is 30.3 Å². The third-order valence-electron chi connectivity index (χ3n) is 3.02. The van der Waals surface area contributed by atoms with Crippen molar-refractivity contribution in [3.05, 3.63) is 66.0 Å². The number of halogens is 1. The van der Waals surface area contributed by atoms with Crippen LogP contribution in [0.4, 0.5) is 4.39 Å². The SMILES string of the molecule is COC(CNS(=O)(=O)c1ccccc1)c1cccc(F)c1. The molecule has 0 aliphatic rings. The van der Waals surface area contributed by atoms with Crippen molar-refractivity contribution in [1.29, 1.82) is 0 Å². The number of hydrogen-bond acceptors (Lipinski definition) is 3. The summed E-state index contributed by atoms with van der Waals surface area (Å²) in [6.07, 6.45) is -0.556. The lowest BCUT2D eigenvalue weighted by atomic mass is 10.1. The van der Waals surface area contributed by atoms with Crippen molar-refractivity contribution >= 4 is 10.0 Å². The Hall–Kier alpha value is -1.76. The van der Waals surface area contributed by atoms with E-state index in [1.165, 1.54) is 31.4 Å². The van der Waals surface area contributed by atoms with Crippen molar-refractivity contribution in [2.75, 3.05) is 13.7 Å². The van der Waals surface area contributed by atoms with E-state index in [0.29, 0.717) is 5.56 Å². The first-order valence-electron chi connectivity index (χ1n) is 6.36. The van der Waals surface area contributed by atoms with Crippen molar-refractivity contribution < 1.29 is 17.5 Å². The van der Waals surface area contributed by atoms with E-state index in [0.717, 1.165) is 0 Å². The molecule has 0 saturated carbocycles. The molecule has 2 rings (SSSR count). The van der Waals surface area contributed by atoms with Gasteiger partial charge in [-0.3, -0.25) is 0 Å². The van der Waals surface area contributed by atoms with Gasteiger partial charge in [-0.05, 0) is 29.8 Å². The van der Waals surface area contributed by atoms with Crippen molar-refractivity contribution in [2.45, 2.75) is 11.0 Å². The van der Waals surface area contributed by atoms with Gasteiger partial charge in [0.1, 0.15) is 5.82 Å². The smallest absolute Gasteiger partial charge is 0.240 e. The molecule has 1 atom stereocenters. The third kappa shape index (κ3) is 4.10. The molecule has 2 aromatic rings. The van der Waals surface area contributed by atoms with Crippen LogP contribution in [0.15, 0.2) is 59.5 Å². The van der Waals surface area contributed by atoms with Crippen molar-refractivity contribution in [3.63, 3.8) is 0 Å². The molecule has 0 aliphatic carbocycles. The van der Waals surface area contributed by atoms with Gasteiger partial charge in [-0.2, -0.15) is 0 Å². The topological polar surface area (TPSA) is 55.4 Å². The van der Waals surface area contributed by atoms with E-state index in [4.69, 9.17) is 4.74 Å². The maximum Gasteiger partial charge on any atom is 0.240 e. The van der Waals surface area contributed by atoms with Gasteiger partial charge in [0, 0.05) is 13.7 Å². The van der Waals surface area contributed by atoms with Crippen LogP contribution in [0.1, 0.15) is 11.7 Å². The zero-order valence-electron chi connectivity index (χ0n) is 11.5. The molecular weight excluding hydrogens is 293 g/mol. The number of ether oxygens (including phenoxy) is 1. The molecule has 1 unspecified atom stereocenters. The lowest BCUT2D eigenvalue weighted by molar-refractivity contribution is 0.107. The van der Waals surface area contributed by atoms with Crippen LogP contribution in [-0.2, 0) is 14.8 Å². The van der Waals surface area contributed by atoms with Crippen LogP contribution in [0.25, 0.3) is 0 Å². The highest BCUT2D eigenvalue weighted by Gasteiger charge is 2.17. The molecule has 0 aromatic heterocycles. The quantitative estimate of drug-likeness (QED) is 0.892. The fourth-order valence-corrected chi connectivity index (χ4v) is 2.97. The van der Waals surface area contributed by atoms with E-state index in [1.807, 2.05) is 0 Å². The average Bonchev–Trinajstić information content (AvgIpc) is 2.49. The summed E-state index contributed by atoms with van der Waals surface area (Å²) in [5.74, 6) is -0.388. The summed E-state index contributed by atoms with van der Waals surface area (Å²) in [5.41, 5.74) is 0.577. The molecule has 1 N–H and O–H groups in total. The third-order valence-corrected chi connectivity index (χ3v) is 4.46. The predicted molar refractivity (Wildman–Crippen MR) is 77.8 cm³/mol. The van der Waals surface area contributed by atoms with Gasteiger partial charge in [-0.15, -0.1) is 0 Å². The second-order valence-electron chi connectivity index (χ2n) is 4.44. The fraction of sp³-hybridized carbons (Fsp3) is 0.200. The maximum atomic E-state index is 13.2. The molecule has 21 heavy (non-hydrogen) atoms. The average molecular weight is 309 g/mol. The molecule has 112 valence electrons. The minimum Gasteiger partial charge on any atom is -0.375 e. The molecule has 0 spiro atoms. The van der Waals surface area contributed by atoms with Gasteiger partial charge in [-0.25, -0.2) is 17.5 Å². The molecule has 2 aromatic carbocycles. The number of sulfonamides is 1. The normalized spacial score (nSPS) is 13.0. The van der Waals surface area contributed by atoms with E-state index in [9.17, 15) is 12.8 Å². The molecule has 0 saturated heterocycles. The molecule has 0 amide bonds. The molecule has 0 heterocycles. The van der Waals surface area contributed by atoms with Crippen molar-refractivity contribution in [2.24, 2.45) is 0 Å². The van der Waals surface area contributed by atoms with Gasteiger partial charge in [-0.1, -0.05) is 30.3 Å². The first kappa shape index (κ1) is 15.6. The summed E-state index contributed by atoms with van der Waals surface area (Å²) < 4.78 is 45.1. The van der Waals surface area contributed by atoms with Crippen LogP contribution in [0.3, 0.4) is 0 Å². The van der Waals surface area contributed by atoms with E-state index in [-0.39, 0.29) is 17.3 Å². The number of nitrogens with one attached hydrogen (secondary N) is 1. The highest BCUT2D eigenvalue weighted by molar-refractivity contribution is 7.89. The van der Waals surface area contributed by atoms with Crippen molar-refractivity contribution in [1.82, 2.24) is 4.72 Å². The predicted octanol–water partition coefficient (Wildman–Crippen LogP) is 2.49. The minimum absolute atomic E-state index is 0.0250. The fourth-order valence-electron chi connectivity index (χ4n) is 1.91. The molecular formula is C15H16FNO3S. The lowest BCUT2D eigenvalue weighted by Crippen LogP contribution is -2.29. The first-order chi connectivity index (χ1) is 10.0. The van der Waals surface area contributed by atoms with Crippen LogP contribution >= 0.6 is 0 Å². The standard InChI is InChI=1S/C15H16FNO3S/c1-20-15(12-6-5-7-13(16)10-12)11-17-21(18,19)14-8-3-2-4-9-14/h2-10,15,17H,11H2,1H3. The maximum absolute atomic E-state index is 13.2. The van der Waals surface area contributed by atoms with Crippen LogP contribution in [0, 0.1) is 5.82 Å². The Morgan fingerprint density at radius 1 is 1.14 bits per heavy atom. The van der Waals surface area contributed by atoms with E-state index >= 15 is 0 Å². The Labute approximate surface area is 123 Å². The number of rotatable bonds is 6. The van der Waals surface area contributed by atoms with Gasteiger partial charge in [0.2, 0.25) is 10.0 Å². The van der Waals surface area contributed by atoms with Crippen LogP contribution < -0.4 is 4.72 Å². The Bertz CT molecular complexity index is 689. The number of hydrogen-bond donors (Lipinski definition) is 1. The minimum atomic E-state index is -3.61. The van der Waals surface area contributed by atoms with Gasteiger partial charge in [0.25, 0.3) is 0 Å². The Morgan fingerprint density at radius 3 is 2.48 bits per heavy atom. The van der Waals surface area contributed by atoms with E-state index in [2.05, 4.69) is 4.72 Å². The second kappa shape index (κ2) is 6.80. The molecule has 0 fully saturated rings. The van der Waals surface area contributed by atoms with Gasteiger partial charge in [0.05, 0.1) is 11.0 Å². The van der Waals surface area contributed by atoms with Gasteiger partial charge >= 0.3 is 0 Å². The van der Waals surface area contributed by atoms with Gasteiger partial charge in [0.15, 0.2) is 0 Å². The molecule has 0 radical (unpaired) electrons. The summed E-state index contributed by atoms with van der Waals surface area (Å²) in [7, 11) is -2.16. The van der Waals surface area contributed by atoms with E-state index < -0.39 is 16.1 Å². The van der Waals surface area contributed by atoms with Gasteiger partial charge < -0.3 is 4.74 Å². The largest absolute Gasteiger partial charge is 0.375 e. The summed E-state index contributed by atoms with van der Waals surface area (Å²) in [4.78, 5) is 0.180. The number of benzene rings is 2. The highest BCUT2D eigenvalue weighted by Crippen LogP contribution is 2.18. The summed E-state index contributed by atoms with van der Waals surface area (Å²) in [5, 5.41) is 0. The second-order valence-corrected chi connectivity index (χ2v) is 6.21. The highest BCUT2D eigenvalue weighted by atomic mass is 32.2. The van der Waals surface area contributed by atoms with Crippen LogP contribution in [-0.4, -0.2) is 22.1 Å². The Balaban J connectivity index is 2.10. The molecule has 6 heteroatoms. The lowest BCUT2D eigenvalue weighted by Gasteiger charge is -2.16. The zero-order valence-corrected chi connectivity index (χ0v) is 12.3. The van der Waals surface area contributed by atoms with Crippen LogP contribution in [0.2, 0.25) is 0 Å². The first-order valence-corrected chi connectivity index (χ1v) is 7.84. The Kier molecular flexibility index (Phi) is 5.06. The molecule has 4 nitrogen and oxygen atoms in total. The van der Waals surface area contributed by atoms with Crippen LogP contribution in [0.5, 0.6) is 0 Å². The number of methoxy groups -OCH3 is 1. The monoisotopic (exact) mass is 309 g/mol. The zero-order chi connectivity index (χ0) is 15.3. The molecule has 0 aliphatic heterocycles. The molecule has 0 bridgehead atoms. The van der Waals surface area contributed by atoms with Crippen molar-refractivity contribution in [3.8, 4) is 0 Å². The summed E-state index contributed by atoms with van der Waals surface area (Å²) in [6.45, 7) is 0.0250. The Morgan fingerprint density at radius 2 is 1.86 bits per heavy atom. The summed E-state index contributed by atoms with van der Waals surface area (Å²) in [6, 6.07) is 13.9.